The van der Waals surface area contributed by atoms with Crippen molar-refractivity contribution in [2.75, 3.05) is 46.2 Å². The number of amides is 2. The van der Waals surface area contributed by atoms with Crippen LogP contribution in [0.15, 0.2) is 9.98 Å². The summed E-state index contributed by atoms with van der Waals surface area (Å²) in [5, 5.41) is 4.80. The monoisotopic (exact) mass is 356 g/mol. The van der Waals surface area contributed by atoms with Crippen LogP contribution in [-0.2, 0) is 18.9 Å². The maximum atomic E-state index is 11.5. The Balaban J connectivity index is 1.52. The van der Waals surface area contributed by atoms with Crippen molar-refractivity contribution in [2.24, 2.45) is 21.8 Å². The summed E-state index contributed by atoms with van der Waals surface area (Å²) in [5.74, 6) is 0.987. The summed E-state index contributed by atoms with van der Waals surface area (Å²) in [6.45, 7) is 6.30. The van der Waals surface area contributed by atoms with Gasteiger partial charge in [-0.25, -0.2) is 9.59 Å². The topological polar surface area (TPSA) is 120 Å². The summed E-state index contributed by atoms with van der Waals surface area (Å²) in [7, 11) is 0. The standard InChI is InChI=1S/C15H24N4O6/c1-10(12-16-3-5-22-12)7-24-14(20)18-9-19-15(21)25-8-11(2)13-17-4-6-23-13/h10-11H,3-9H2,1-2H3,(H,18,20)(H,19,21). The summed E-state index contributed by atoms with van der Waals surface area (Å²) < 4.78 is 20.6. The van der Waals surface area contributed by atoms with E-state index in [1.165, 1.54) is 0 Å². The van der Waals surface area contributed by atoms with Crippen molar-refractivity contribution >= 4 is 24.0 Å². The smallest absolute Gasteiger partial charge is 0.408 e. The number of hydrogen-bond acceptors (Lipinski definition) is 8. The van der Waals surface area contributed by atoms with Crippen LogP contribution in [0.5, 0.6) is 0 Å². The van der Waals surface area contributed by atoms with Crippen molar-refractivity contribution in [3.63, 3.8) is 0 Å². The van der Waals surface area contributed by atoms with Gasteiger partial charge in [-0.2, -0.15) is 0 Å². The van der Waals surface area contributed by atoms with E-state index in [-0.39, 0.29) is 31.7 Å². The molecule has 2 amide bonds. The molecule has 0 saturated carbocycles. The van der Waals surface area contributed by atoms with Crippen LogP contribution in [0.1, 0.15) is 13.8 Å². The molecule has 0 spiro atoms. The third kappa shape index (κ3) is 6.48. The number of nitrogens with zero attached hydrogens (tertiary/aromatic N) is 2. The van der Waals surface area contributed by atoms with E-state index in [9.17, 15) is 9.59 Å². The molecule has 2 aliphatic heterocycles. The predicted molar refractivity (Wildman–Crippen MR) is 88.7 cm³/mol. The molecule has 140 valence electrons. The first-order valence-electron chi connectivity index (χ1n) is 8.21. The molecule has 0 aromatic rings. The van der Waals surface area contributed by atoms with E-state index in [2.05, 4.69) is 20.6 Å². The minimum absolute atomic E-state index is 0.102. The largest absolute Gasteiger partial charge is 0.479 e. The van der Waals surface area contributed by atoms with Gasteiger partial charge in [-0.15, -0.1) is 0 Å². The molecule has 0 radical (unpaired) electrons. The van der Waals surface area contributed by atoms with Gasteiger partial charge in [0.05, 0.1) is 31.6 Å². The first kappa shape index (κ1) is 18.8. The highest BCUT2D eigenvalue weighted by Gasteiger charge is 2.19. The number of carbonyl (C=O) groups is 2. The SMILES string of the molecule is CC(COC(=O)NCNC(=O)OCC(C)C1=NCCO1)C1=NCCO1. The number of carbonyl (C=O) groups excluding carboxylic acids is 2. The van der Waals surface area contributed by atoms with Crippen LogP contribution in [0, 0.1) is 11.8 Å². The van der Waals surface area contributed by atoms with Crippen molar-refractivity contribution in [3.8, 4) is 0 Å². The van der Waals surface area contributed by atoms with Crippen LogP contribution in [-0.4, -0.2) is 70.2 Å². The first-order chi connectivity index (χ1) is 12.1. The zero-order valence-corrected chi connectivity index (χ0v) is 14.4. The number of hydrogen-bond donors (Lipinski definition) is 2. The van der Waals surface area contributed by atoms with Gasteiger partial charge in [0.1, 0.15) is 26.4 Å². The predicted octanol–water partition coefficient (Wildman–Crippen LogP) is 0.526. The van der Waals surface area contributed by atoms with Crippen LogP contribution in [0.4, 0.5) is 9.59 Å². The zero-order chi connectivity index (χ0) is 18.1. The van der Waals surface area contributed by atoms with Crippen LogP contribution >= 0.6 is 0 Å². The number of aliphatic imine (C=N–C) groups is 2. The first-order valence-corrected chi connectivity index (χ1v) is 8.21. The molecule has 0 aromatic carbocycles. The molecule has 10 heteroatoms. The van der Waals surface area contributed by atoms with Gasteiger partial charge in [0.25, 0.3) is 0 Å². The van der Waals surface area contributed by atoms with Crippen LogP contribution < -0.4 is 10.6 Å². The Labute approximate surface area is 146 Å². The molecule has 10 nitrogen and oxygen atoms in total. The Morgan fingerprint density at radius 3 is 1.76 bits per heavy atom. The van der Waals surface area contributed by atoms with Gasteiger partial charge >= 0.3 is 12.2 Å². The Kier molecular flexibility index (Phi) is 7.30. The van der Waals surface area contributed by atoms with Crippen LogP contribution in [0.25, 0.3) is 0 Å². The van der Waals surface area contributed by atoms with Crippen molar-refractivity contribution in [3.05, 3.63) is 0 Å². The Morgan fingerprint density at radius 1 is 0.960 bits per heavy atom. The molecule has 2 heterocycles. The van der Waals surface area contributed by atoms with Crippen LogP contribution in [0.3, 0.4) is 0 Å². The normalized spacial score (nSPS) is 18.2. The fourth-order valence-electron chi connectivity index (χ4n) is 2.13. The second kappa shape index (κ2) is 9.70. The molecule has 0 aliphatic carbocycles. The molecule has 2 rings (SSSR count). The lowest BCUT2D eigenvalue weighted by Crippen LogP contribution is -2.39. The average Bonchev–Trinajstić information content (AvgIpc) is 3.30. The highest BCUT2D eigenvalue weighted by molar-refractivity contribution is 5.80. The highest BCUT2D eigenvalue weighted by Crippen LogP contribution is 2.07. The Bertz CT molecular complexity index is 490. The minimum Gasteiger partial charge on any atom is -0.479 e. The quantitative estimate of drug-likeness (QED) is 0.612. The molecular formula is C15H24N4O6. The zero-order valence-electron chi connectivity index (χ0n) is 14.4. The summed E-state index contributed by atoms with van der Waals surface area (Å²) in [6.07, 6.45) is -1.29. The Hall–Kier alpha value is -2.52. The number of nitrogens with one attached hydrogen (secondary N) is 2. The van der Waals surface area contributed by atoms with Crippen molar-refractivity contribution in [1.82, 2.24) is 10.6 Å². The van der Waals surface area contributed by atoms with Gasteiger partial charge in [-0.3, -0.25) is 9.98 Å². The third-order valence-corrected chi connectivity index (χ3v) is 3.46. The Morgan fingerprint density at radius 2 is 1.40 bits per heavy atom. The molecule has 0 fully saturated rings. The van der Waals surface area contributed by atoms with Gasteiger partial charge in [0, 0.05) is 0 Å². The summed E-state index contributed by atoms with van der Waals surface area (Å²) >= 11 is 0. The second-order valence-electron chi connectivity index (χ2n) is 5.67. The maximum Gasteiger partial charge on any atom is 0.408 e. The summed E-state index contributed by atoms with van der Waals surface area (Å²) in [6, 6.07) is 0. The summed E-state index contributed by atoms with van der Waals surface area (Å²) in [4.78, 5) is 31.4. The number of rotatable bonds is 8. The molecule has 2 atom stereocenters. The number of ether oxygens (including phenoxy) is 4. The molecule has 2 unspecified atom stereocenters. The average molecular weight is 356 g/mol. The highest BCUT2D eigenvalue weighted by atomic mass is 16.6. The van der Waals surface area contributed by atoms with Gasteiger partial charge < -0.3 is 29.6 Å². The molecule has 2 N–H and O–H groups in total. The molecule has 2 aliphatic rings. The van der Waals surface area contributed by atoms with E-state index in [1.807, 2.05) is 13.8 Å². The molecule has 25 heavy (non-hydrogen) atoms. The minimum atomic E-state index is -0.646. The van der Waals surface area contributed by atoms with Gasteiger partial charge in [-0.1, -0.05) is 13.8 Å². The molecule has 0 saturated heterocycles. The fraction of sp³-hybridized carbons (Fsp3) is 0.733. The third-order valence-electron chi connectivity index (χ3n) is 3.46. The van der Waals surface area contributed by atoms with Crippen LogP contribution in [0.2, 0.25) is 0 Å². The lowest BCUT2D eigenvalue weighted by molar-refractivity contribution is 0.128. The van der Waals surface area contributed by atoms with Gasteiger partial charge in [0.15, 0.2) is 11.8 Å². The second-order valence-corrected chi connectivity index (χ2v) is 5.67. The summed E-state index contributed by atoms with van der Waals surface area (Å²) in [5.41, 5.74) is 0. The van der Waals surface area contributed by atoms with E-state index in [0.29, 0.717) is 38.1 Å². The lowest BCUT2D eigenvalue weighted by Gasteiger charge is -2.14. The van der Waals surface area contributed by atoms with E-state index >= 15 is 0 Å². The van der Waals surface area contributed by atoms with Crippen molar-refractivity contribution < 1.29 is 28.5 Å². The van der Waals surface area contributed by atoms with E-state index in [1.54, 1.807) is 0 Å². The molecule has 0 bridgehead atoms. The lowest BCUT2D eigenvalue weighted by atomic mass is 10.2. The molecule has 0 aromatic heterocycles. The fourth-order valence-corrected chi connectivity index (χ4v) is 2.13. The van der Waals surface area contributed by atoms with Gasteiger partial charge in [-0.05, 0) is 0 Å². The maximum absolute atomic E-state index is 11.5. The van der Waals surface area contributed by atoms with E-state index in [0.717, 1.165) is 0 Å². The van der Waals surface area contributed by atoms with E-state index in [4.69, 9.17) is 18.9 Å². The van der Waals surface area contributed by atoms with E-state index < -0.39 is 12.2 Å². The van der Waals surface area contributed by atoms with Crippen molar-refractivity contribution in [1.29, 1.82) is 0 Å². The number of alkyl carbamates (subject to hydrolysis) is 2. The molecular weight excluding hydrogens is 332 g/mol. The van der Waals surface area contributed by atoms with Crippen molar-refractivity contribution in [2.45, 2.75) is 13.8 Å². The van der Waals surface area contributed by atoms with Gasteiger partial charge in [0.2, 0.25) is 0 Å².